The number of ether oxygens (including phenoxy) is 1. The highest BCUT2D eigenvalue weighted by molar-refractivity contribution is 7.87. The first-order valence-electron chi connectivity index (χ1n) is 7.15. The molecule has 2 aliphatic rings. The molecule has 2 rings (SSSR count). The Morgan fingerprint density at radius 2 is 1.91 bits per heavy atom. The standard InChI is InChI=1S/C13H21FN2O5S/c1-13(2,3)21-12(18)16-6-9(7-16)5-15-8-10(4-11(15)17)22(14,19)20/h9-10H,4-8H2,1-3H3. The van der Waals surface area contributed by atoms with Crippen LogP contribution in [-0.4, -0.2) is 67.2 Å². The molecule has 1 atom stereocenters. The van der Waals surface area contributed by atoms with Gasteiger partial charge in [0, 0.05) is 38.5 Å². The van der Waals surface area contributed by atoms with E-state index in [-0.39, 0.29) is 24.8 Å². The van der Waals surface area contributed by atoms with E-state index in [9.17, 15) is 21.9 Å². The number of likely N-dealkylation sites (tertiary alicyclic amines) is 2. The molecule has 22 heavy (non-hydrogen) atoms. The number of rotatable bonds is 3. The van der Waals surface area contributed by atoms with Gasteiger partial charge in [0.2, 0.25) is 5.91 Å². The van der Waals surface area contributed by atoms with Crippen LogP contribution in [0.1, 0.15) is 27.2 Å². The van der Waals surface area contributed by atoms with Gasteiger partial charge in [0.25, 0.3) is 0 Å². The molecule has 0 bridgehead atoms. The molecule has 9 heteroatoms. The fourth-order valence-corrected chi connectivity index (χ4v) is 3.27. The number of nitrogens with zero attached hydrogens (tertiary/aromatic N) is 2. The van der Waals surface area contributed by atoms with E-state index < -0.39 is 27.2 Å². The molecular formula is C13H21FN2O5S. The number of hydrogen-bond acceptors (Lipinski definition) is 5. The second-order valence-electron chi connectivity index (χ2n) is 6.85. The molecule has 2 amide bonds. The van der Waals surface area contributed by atoms with Gasteiger partial charge in [0.15, 0.2) is 0 Å². The van der Waals surface area contributed by atoms with Crippen LogP contribution in [0.5, 0.6) is 0 Å². The molecule has 2 aliphatic heterocycles. The van der Waals surface area contributed by atoms with E-state index in [0.717, 1.165) is 0 Å². The number of halogens is 1. The lowest BCUT2D eigenvalue weighted by Crippen LogP contribution is -2.55. The van der Waals surface area contributed by atoms with Gasteiger partial charge >= 0.3 is 16.3 Å². The zero-order valence-corrected chi connectivity index (χ0v) is 13.7. The third-order valence-electron chi connectivity index (χ3n) is 3.66. The van der Waals surface area contributed by atoms with Crippen molar-refractivity contribution in [2.75, 3.05) is 26.2 Å². The Morgan fingerprint density at radius 1 is 1.32 bits per heavy atom. The summed E-state index contributed by atoms with van der Waals surface area (Å²) >= 11 is 0. The Bertz CT molecular complexity index is 565. The molecule has 1 unspecified atom stereocenters. The molecule has 2 fully saturated rings. The highest BCUT2D eigenvalue weighted by Gasteiger charge is 2.41. The number of carbonyl (C=O) groups is 2. The van der Waals surface area contributed by atoms with Crippen LogP contribution >= 0.6 is 0 Å². The fraction of sp³-hybridized carbons (Fsp3) is 0.846. The monoisotopic (exact) mass is 336 g/mol. The zero-order chi connectivity index (χ0) is 16.7. The van der Waals surface area contributed by atoms with Crippen molar-refractivity contribution in [2.24, 2.45) is 5.92 Å². The fourth-order valence-electron chi connectivity index (χ4n) is 2.57. The normalized spacial score (nSPS) is 23.6. The van der Waals surface area contributed by atoms with Crippen molar-refractivity contribution in [2.45, 2.75) is 38.0 Å². The predicted octanol–water partition coefficient (Wildman–Crippen LogP) is 0.753. The first-order valence-corrected chi connectivity index (χ1v) is 8.59. The molecule has 2 saturated heterocycles. The second-order valence-corrected chi connectivity index (χ2v) is 8.47. The minimum atomic E-state index is -4.68. The highest BCUT2D eigenvalue weighted by atomic mass is 32.3. The predicted molar refractivity (Wildman–Crippen MR) is 76.3 cm³/mol. The van der Waals surface area contributed by atoms with Gasteiger partial charge in [-0.15, -0.1) is 3.89 Å². The molecule has 0 aromatic carbocycles. The van der Waals surface area contributed by atoms with Gasteiger partial charge in [-0.3, -0.25) is 4.79 Å². The smallest absolute Gasteiger partial charge is 0.410 e. The van der Waals surface area contributed by atoms with Gasteiger partial charge in [-0.05, 0) is 20.8 Å². The third kappa shape index (κ3) is 4.08. The maximum absolute atomic E-state index is 12.9. The van der Waals surface area contributed by atoms with Crippen LogP contribution in [0.15, 0.2) is 0 Å². The summed E-state index contributed by atoms with van der Waals surface area (Å²) < 4.78 is 39.9. The molecular weight excluding hydrogens is 315 g/mol. The number of carbonyl (C=O) groups excluding carboxylic acids is 2. The lowest BCUT2D eigenvalue weighted by Gasteiger charge is -2.41. The minimum absolute atomic E-state index is 0.0672. The lowest BCUT2D eigenvalue weighted by molar-refractivity contribution is -0.128. The molecule has 0 aromatic rings. The summed E-state index contributed by atoms with van der Waals surface area (Å²) in [4.78, 5) is 26.4. The Hall–Kier alpha value is -1.38. The molecule has 7 nitrogen and oxygen atoms in total. The first kappa shape index (κ1) is 17.0. The molecule has 0 spiro atoms. The lowest BCUT2D eigenvalue weighted by atomic mass is 10.0. The number of amides is 2. The largest absolute Gasteiger partial charge is 0.444 e. The van der Waals surface area contributed by atoms with Crippen LogP contribution in [0.3, 0.4) is 0 Å². The Balaban J connectivity index is 1.79. The van der Waals surface area contributed by atoms with Crippen molar-refractivity contribution >= 4 is 22.2 Å². The van der Waals surface area contributed by atoms with Gasteiger partial charge in [-0.1, -0.05) is 0 Å². The van der Waals surface area contributed by atoms with E-state index in [0.29, 0.717) is 19.6 Å². The third-order valence-corrected chi connectivity index (χ3v) is 4.78. The molecule has 126 valence electrons. The quantitative estimate of drug-likeness (QED) is 0.710. The van der Waals surface area contributed by atoms with E-state index in [1.165, 1.54) is 9.80 Å². The summed E-state index contributed by atoms with van der Waals surface area (Å²) in [7, 11) is -4.68. The van der Waals surface area contributed by atoms with Crippen LogP contribution in [0.25, 0.3) is 0 Å². The summed E-state index contributed by atoms with van der Waals surface area (Å²) in [6, 6.07) is 0. The van der Waals surface area contributed by atoms with Crippen LogP contribution < -0.4 is 0 Å². The molecule has 0 N–H and O–H groups in total. The molecule has 0 radical (unpaired) electrons. The Kier molecular flexibility index (Phi) is 4.38. The summed E-state index contributed by atoms with van der Waals surface area (Å²) in [6.07, 6.45) is -0.706. The van der Waals surface area contributed by atoms with Crippen molar-refractivity contribution in [3.05, 3.63) is 0 Å². The zero-order valence-electron chi connectivity index (χ0n) is 12.9. The van der Waals surface area contributed by atoms with Crippen molar-refractivity contribution in [3.63, 3.8) is 0 Å². The van der Waals surface area contributed by atoms with E-state index in [2.05, 4.69) is 0 Å². The second kappa shape index (κ2) is 5.68. The van der Waals surface area contributed by atoms with Crippen molar-refractivity contribution in [1.82, 2.24) is 9.80 Å². The Labute approximate surface area is 129 Å². The number of hydrogen-bond donors (Lipinski definition) is 0. The summed E-state index contributed by atoms with van der Waals surface area (Å²) in [5.74, 6) is -0.292. The average molecular weight is 336 g/mol. The molecule has 2 heterocycles. The summed E-state index contributed by atoms with van der Waals surface area (Å²) in [5.41, 5.74) is -0.560. The van der Waals surface area contributed by atoms with E-state index in [1.807, 2.05) is 0 Å². The van der Waals surface area contributed by atoms with Gasteiger partial charge < -0.3 is 14.5 Å². The maximum Gasteiger partial charge on any atom is 0.410 e. The van der Waals surface area contributed by atoms with E-state index >= 15 is 0 Å². The molecule has 0 saturated carbocycles. The van der Waals surface area contributed by atoms with Gasteiger partial charge in [-0.25, -0.2) is 4.79 Å². The van der Waals surface area contributed by atoms with Crippen LogP contribution in [0, 0.1) is 5.92 Å². The summed E-state index contributed by atoms with van der Waals surface area (Å²) in [5, 5.41) is -1.26. The van der Waals surface area contributed by atoms with Crippen LogP contribution in [0.2, 0.25) is 0 Å². The SMILES string of the molecule is CC(C)(C)OC(=O)N1CC(CN2CC(S(=O)(=O)F)CC2=O)C1. The van der Waals surface area contributed by atoms with Crippen LogP contribution in [-0.2, 0) is 19.8 Å². The molecule has 0 aromatic heterocycles. The molecule has 0 aliphatic carbocycles. The highest BCUT2D eigenvalue weighted by Crippen LogP contribution is 2.25. The van der Waals surface area contributed by atoms with Crippen molar-refractivity contribution in [1.29, 1.82) is 0 Å². The van der Waals surface area contributed by atoms with Crippen molar-refractivity contribution in [3.8, 4) is 0 Å². The minimum Gasteiger partial charge on any atom is -0.444 e. The maximum atomic E-state index is 12.9. The average Bonchev–Trinajstić information content (AvgIpc) is 2.61. The van der Waals surface area contributed by atoms with Crippen LogP contribution in [0.4, 0.5) is 8.68 Å². The van der Waals surface area contributed by atoms with Gasteiger partial charge in [-0.2, -0.15) is 8.42 Å². The van der Waals surface area contributed by atoms with Gasteiger partial charge in [0.05, 0.1) is 0 Å². The Morgan fingerprint density at radius 3 is 2.36 bits per heavy atom. The topological polar surface area (TPSA) is 84.0 Å². The van der Waals surface area contributed by atoms with E-state index in [4.69, 9.17) is 4.74 Å². The van der Waals surface area contributed by atoms with E-state index in [1.54, 1.807) is 20.8 Å². The van der Waals surface area contributed by atoms with Gasteiger partial charge in [0.1, 0.15) is 10.9 Å². The van der Waals surface area contributed by atoms with Crippen molar-refractivity contribution < 1.29 is 26.6 Å². The summed E-state index contributed by atoms with van der Waals surface area (Å²) in [6.45, 7) is 6.47. The first-order chi connectivity index (χ1) is 9.95.